The van der Waals surface area contributed by atoms with Crippen LogP contribution in [0.1, 0.15) is 78.7 Å². The lowest BCUT2D eigenvalue weighted by Crippen LogP contribution is -2.58. The molecule has 2 unspecified atom stereocenters. The van der Waals surface area contributed by atoms with Crippen LogP contribution in [0, 0.1) is 17.3 Å². The number of thioether (sulfide) groups is 1. The van der Waals surface area contributed by atoms with Crippen LogP contribution in [0.4, 0.5) is 0 Å². The Kier molecular flexibility index (Phi) is 8.53. The summed E-state index contributed by atoms with van der Waals surface area (Å²) in [4.78, 5) is 43.4. The number of hydrogen-bond acceptors (Lipinski definition) is 5. The van der Waals surface area contributed by atoms with E-state index in [1.54, 1.807) is 16.7 Å². The first-order valence-corrected chi connectivity index (χ1v) is 15.0. The van der Waals surface area contributed by atoms with Gasteiger partial charge in [-0.2, -0.15) is 0 Å². The highest BCUT2D eigenvalue weighted by Gasteiger charge is 2.73. The molecule has 0 radical (unpaired) electrons. The third-order valence-electron chi connectivity index (χ3n) is 8.15. The number of aliphatic hydroxyl groups is 1. The molecule has 210 valence electrons. The number of carbonyl (C=O) groups excluding carboxylic acids is 3. The van der Waals surface area contributed by atoms with Gasteiger partial charge in [-0.1, -0.05) is 51.1 Å². The molecule has 2 bridgehead atoms. The van der Waals surface area contributed by atoms with E-state index in [9.17, 15) is 19.5 Å². The summed E-state index contributed by atoms with van der Waals surface area (Å²) in [6.07, 6.45) is 4.60. The lowest BCUT2D eigenvalue weighted by Gasteiger charge is -2.38. The molecule has 1 aromatic rings. The van der Waals surface area contributed by atoms with Crippen LogP contribution in [0.3, 0.4) is 0 Å². The van der Waals surface area contributed by atoms with Gasteiger partial charge < -0.3 is 20.6 Å². The molecule has 3 saturated heterocycles. The quantitative estimate of drug-likeness (QED) is 0.368. The highest BCUT2D eigenvalue weighted by atomic mass is 32.2. The molecule has 3 N–H and O–H groups in total. The summed E-state index contributed by atoms with van der Waals surface area (Å²) < 4.78 is -0.574. The molecular formula is C30H45N3O4S. The van der Waals surface area contributed by atoms with Crippen molar-refractivity contribution in [3.63, 3.8) is 0 Å². The summed E-state index contributed by atoms with van der Waals surface area (Å²) in [5.74, 6) is -1.15. The highest BCUT2D eigenvalue weighted by molar-refractivity contribution is 8.02. The number of rotatable bonds is 11. The molecule has 0 aliphatic carbocycles. The van der Waals surface area contributed by atoms with E-state index in [-0.39, 0.29) is 35.0 Å². The Hall–Kier alpha value is -2.06. The van der Waals surface area contributed by atoms with Crippen LogP contribution in [0.2, 0.25) is 0 Å². The summed E-state index contributed by atoms with van der Waals surface area (Å²) in [6.45, 7) is 11.6. The maximum absolute atomic E-state index is 14.0. The lowest BCUT2D eigenvalue weighted by atomic mass is 9.70. The molecule has 5 atom stereocenters. The first-order chi connectivity index (χ1) is 17.9. The number of likely N-dealkylation sites (tertiary alicyclic amines) is 1. The zero-order valence-electron chi connectivity index (χ0n) is 23.6. The molecule has 3 aliphatic rings. The SMILES string of the molecule is CC(C)(C)CC(C)(C)NC(=O)C1N(CCCCCO)C(=O)[C@@H]2[C@@H](C(=O)NCc3ccccc3)[C@H]3CCC12S3. The van der Waals surface area contributed by atoms with Crippen molar-refractivity contribution in [2.45, 2.75) is 101 Å². The van der Waals surface area contributed by atoms with Crippen molar-refractivity contribution in [2.75, 3.05) is 13.2 Å². The number of aliphatic hydroxyl groups excluding tert-OH is 1. The minimum atomic E-state index is -0.588. The van der Waals surface area contributed by atoms with E-state index in [1.807, 2.05) is 44.2 Å². The number of hydrogen-bond donors (Lipinski definition) is 3. The molecule has 1 spiro atoms. The van der Waals surface area contributed by atoms with Gasteiger partial charge in [0.15, 0.2) is 0 Å². The fourth-order valence-electron chi connectivity index (χ4n) is 7.24. The van der Waals surface area contributed by atoms with Crippen LogP contribution >= 0.6 is 11.8 Å². The molecule has 0 saturated carbocycles. The molecule has 1 aromatic carbocycles. The standard InChI is InChI=1S/C30H45N3O4S/c1-28(2,3)19-29(4,5)32-26(36)24-30-15-14-21(38-30)22(25(35)31-18-20-12-8-6-9-13-20)23(30)27(37)33(24)16-10-7-11-17-34/h6,8-9,12-13,21-24,34H,7,10-11,14-19H2,1-5H3,(H,31,35)(H,32,36)/t21-,22+,23+,24?,30?/m1/s1. The predicted octanol–water partition coefficient (Wildman–Crippen LogP) is 3.89. The first kappa shape index (κ1) is 28.9. The summed E-state index contributed by atoms with van der Waals surface area (Å²) in [5, 5.41) is 15.7. The normalized spacial score (nSPS) is 28.5. The third kappa shape index (κ3) is 5.91. The molecule has 38 heavy (non-hydrogen) atoms. The monoisotopic (exact) mass is 543 g/mol. The van der Waals surface area contributed by atoms with E-state index < -0.39 is 28.2 Å². The molecule has 3 aliphatic heterocycles. The summed E-state index contributed by atoms with van der Waals surface area (Å²) in [5.41, 5.74) is 0.631. The number of benzene rings is 1. The molecule has 4 rings (SSSR count). The van der Waals surface area contributed by atoms with E-state index in [2.05, 4.69) is 31.4 Å². The van der Waals surface area contributed by atoms with E-state index >= 15 is 0 Å². The Morgan fingerprint density at radius 3 is 2.45 bits per heavy atom. The van der Waals surface area contributed by atoms with Crippen molar-refractivity contribution < 1.29 is 19.5 Å². The van der Waals surface area contributed by atoms with Crippen molar-refractivity contribution in [1.82, 2.24) is 15.5 Å². The largest absolute Gasteiger partial charge is 0.396 e. The number of amides is 3. The maximum Gasteiger partial charge on any atom is 0.244 e. The van der Waals surface area contributed by atoms with Gasteiger partial charge in [-0.05, 0) is 63.4 Å². The zero-order chi connectivity index (χ0) is 27.7. The smallest absolute Gasteiger partial charge is 0.244 e. The Morgan fingerprint density at radius 1 is 1.08 bits per heavy atom. The van der Waals surface area contributed by atoms with Gasteiger partial charge in [0.05, 0.1) is 16.6 Å². The molecular weight excluding hydrogens is 498 g/mol. The van der Waals surface area contributed by atoms with Gasteiger partial charge in [0.25, 0.3) is 0 Å². The van der Waals surface area contributed by atoms with Crippen LogP contribution in [0.25, 0.3) is 0 Å². The van der Waals surface area contributed by atoms with Crippen LogP contribution in [0.15, 0.2) is 30.3 Å². The average Bonchev–Trinajstić information content (AvgIpc) is 3.46. The lowest BCUT2D eigenvalue weighted by molar-refractivity contribution is -0.140. The van der Waals surface area contributed by atoms with Gasteiger partial charge in [-0.15, -0.1) is 11.8 Å². The van der Waals surface area contributed by atoms with E-state index in [0.717, 1.165) is 37.7 Å². The van der Waals surface area contributed by atoms with Gasteiger partial charge in [-0.25, -0.2) is 0 Å². The third-order valence-corrected chi connectivity index (χ3v) is 10.1. The topological polar surface area (TPSA) is 98.7 Å². The second kappa shape index (κ2) is 11.2. The van der Waals surface area contributed by atoms with Crippen LogP contribution < -0.4 is 10.6 Å². The van der Waals surface area contributed by atoms with Crippen molar-refractivity contribution in [1.29, 1.82) is 0 Å². The molecule has 3 amide bonds. The van der Waals surface area contributed by atoms with E-state index in [0.29, 0.717) is 19.5 Å². The summed E-state index contributed by atoms with van der Waals surface area (Å²) >= 11 is 1.71. The Bertz CT molecular complexity index is 1020. The van der Waals surface area contributed by atoms with Gasteiger partial charge in [0, 0.05) is 30.5 Å². The van der Waals surface area contributed by atoms with Crippen LogP contribution in [-0.2, 0) is 20.9 Å². The maximum atomic E-state index is 14.0. The second-order valence-electron chi connectivity index (χ2n) is 13.2. The van der Waals surface area contributed by atoms with Crippen molar-refractivity contribution >= 4 is 29.5 Å². The zero-order valence-corrected chi connectivity index (χ0v) is 24.4. The Morgan fingerprint density at radius 2 is 1.79 bits per heavy atom. The summed E-state index contributed by atoms with van der Waals surface area (Å²) in [6, 6.07) is 9.21. The van der Waals surface area contributed by atoms with Crippen LogP contribution in [-0.4, -0.2) is 62.5 Å². The fraction of sp³-hybridized carbons (Fsp3) is 0.700. The number of nitrogens with zero attached hydrogens (tertiary/aromatic N) is 1. The van der Waals surface area contributed by atoms with Gasteiger partial charge in [0.1, 0.15) is 6.04 Å². The summed E-state index contributed by atoms with van der Waals surface area (Å²) in [7, 11) is 0. The van der Waals surface area contributed by atoms with Crippen molar-refractivity contribution in [3.05, 3.63) is 35.9 Å². The molecule has 0 aromatic heterocycles. The number of carbonyl (C=O) groups is 3. The molecule has 8 heteroatoms. The average molecular weight is 544 g/mol. The van der Waals surface area contributed by atoms with Crippen molar-refractivity contribution in [2.24, 2.45) is 17.3 Å². The van der Waals surface area contributed by atoms with E-state index in [4.69, 9.17) is 0 Å². The highest BCUT2D eigenvalue weighted by Crippen LogP contribution is 2.66. The number of nitrogens with one attached hydrogen (secondary N) is 2. The van der Waals surface area contributed by atoms with Gasteiger partial charge in [-0.3, -0.25) is 14.4 Å². The molecule has 3 fully saturated rings. The van der Waals surface area contributed by atoms with Gasteiger partial charge >= 0.3 is 0 Å². The number of fused-ring (bicyclic) bond motifs is 1. The number of unbranched alkanes of at least 4 members (excludes halogenated alkanes) is 2. The Balaban J connectivity index is 1.58. The first-order valence-electron chi connectivity index (χ1n) is 14.1. The second-order valence-corrected chi connectivity index (χ2v) is 14.8. The minimum absolute atomic E-state index is 0.0373. The molecule has 7 nitrogen and oxygen atoms in total. The van der Waals surface area contributed by atoms with E-state index in [1.165, 1.54) is 0 Å². The fourth-order valence-corrected chi connectivity index (χ4v) is 9.46. The van der Waals surface area contributed by atoms with Crippen LogP contribution in [0.5, 0.6) is 0 Å². The van der Waals surface area contributed by atoms with Crippen molar-refractivity contribution in [3.8, 4) is 0 Å². The van der Waals surface area contributed by atoms with Gasteiger partial charge in [0.2, 0.25) is 17.7 Å². The predicted molar refractivity (Wildman–Crippen MR) is 151 cm³/mol. The Labute approximate surface area is 231 Å². The molecule has 3 heterocycles. The minimum Gasteiger partial charge on any atom is -0.396 e.